The molecule has 0 N–H and O–H groups in total. The van der Waals surface area contributed by atoms with Gasteiger partial charge < -0.3 is 4.90 Å². The number of nitrogens with zero attached hydrogens (tertiary/aromatic N) is 3. The van der Waals surface area contributed by atoms with Gasteiger partial charge in [-0.05, 0) is 25.7 Å². The molecule has 0 aromatic carbocycles. The van der Waals surface area contributed by atoms with E-state index in [-0.39, 0.29) is 0 Å². The first-order valence-corrected chi connectivity index (χ1v) is 5.93. The van der Waals surface area contributed by atoms with Gasteiger partial charge in [0, 0.05) is 18.7 Å². The third-order valence-corrected chi connectivity index (χ3v) is 3.22. The smallest absolute Gasteiger partial charge is 0.134 e. The minimum atomic E-state index is 0.528. The molecule has 1 fully saturated rings. The van der Waals surface area contributed by atoms with E-state index in [2.05, 4.69) is 21.8 Å². The summed E-state index contributed by atoms with van der Waals surface area (Å²) >= 11 is 5.88. The molecule has 0 saturated carbocycles. The maximum atomic E-state index is 5.88. The average molecular weight is 226 g/mol. The lowest BCUT2D eigenvalue weighted by molar-refractivity contribution is 0.446. The highest BCUT2D eigenvalue weighted by Gasteiger charge is 2.21. The summed E-state index contributed by atoms with van der Waals surface area (Å²) in [5, 5.41) is 0.528. The second-order valence-electron chi connectivity index (χ2n) is 3.95. The largest absolute Gasteiger partial charge is 0.354 e. The summed E-state index contributed by atoms with van der Waals surface area (Å²) in [4.78, 5) is 10.6. The van der Waals surface area contributed by atoms with Gasteiger partial charge in [-0.25, -0.2) is 9.97 Å². The molecule has 15 heavy (non-hydrogen) atoms. The van der Waals surface area contributed by atoms with Crippen molar-refractivity contribution in [1.29, 1.82) is 0 Å². The lowest BCUT2D eigenvalue weighted by Gasteiger charge is -2.36. The molecule has 3 nitrogen and oxygen atoms in total. The molecule has 0 aliphatic carbocycles. The Morgan fingerprint density at radius 2 is 2.33 bits per heavy atom. The van der Waals surface area contributed by atoms with Crippen LogP contribution in [0.4, 0.5) is 5.82 Å². The first-order valence-electron chi connectivity index (χ1n) is 5.55. The summed E-state index contributed by atoms with van der Waals surface area (Å²) in [5.74, 6) is 0.974. The predicted molar refractivity (Wildman–Crippen MR) is 62.3 cm³/mol. The van der Waals surface area contributed by atoms with E-state index in [0.717, 1.165) is 12.4 Å². The Hall–Kier alpha value is -0.830. The van der Waals surface area contributed by atoms with Gasteiger partial charge in [0.15, 0.2) is 0 Å². The molecule has 0 spiro atoms. The normalized spacial score (nSPS) is 21.7. The first-order chi connectivity index (χ1) is 7.31. The number of halogens is 1. The van der Waals surface area contributed by atoms with E-state index in [1.807, 2.05) is 6.07 Å². The van der Waals surface area contributed by atoms with Gasteiger partial charge in [0.1, 0.15) is 17.3 Å². The Bertz CT molecular complexity index is 329. The molecule has 82 valence electrons. The molecule has 2 heterocycles. The van der Waals surface area contributed by atoms with Crippen molar-refractivity contribution in [2.45, 2.75) is 38.6 Å². The fourth-order valence-electron chi connectivity index (χ4n) is 2.21. The average Bonchev–Trinajstić information content (AvgIpc) is 2.29. The Morgan fingerprint density at radius 3 is 3.07 bits per heavy atom. The summed E-state index contributed by atoms with van der Waals surface area (Å²) in [6.45, 7) is 3.32. The summed E-state index contributed by atoms with van der Waals surface area (Å²) in [6, 6.07) is 2.47. The van der Waals surface area contributed by atoms with E-state index in [0.29, 0.717) is 11.2 Å². The maximum Gasteiger partial charge on any atom is 0.134 e. The topological polar surface area (TPSA) is 29.0 Å². The quantitative estimate of drug-likeness (QED) is 0.725. The van der Waals surface area contributed by atoms with Crippen LogP contribution >= 0.6 is 11.6 Å². The molecule has 0 radical (unpaired) electrons. The Kier molecular flexibility index (Phi) is 3.41. The highest BCUT2D eigenvalue weighted by molar-refractivity contribution is 6.29. The lowest BCUT2D eigenvalue weighted by atomic mass is 10.0. The van der Waals surface area contributed by atoms with Crippen LogP contribution in [0.3, 0.4) is 0 Å². The zero-order chi connectivity index (χ0) is 10.7. The van der Waals surface area contributed by atoms with Crippen LogP contribution in [0.2, 0.25) is 5.15 Å². The van der Waals surface area contributed by atoms with Crippen molar-refractivity contribution in [2.24, 2.45) is 0 Å². The molecule has 1 saturated heterocycles. The maximum absolute atomic E-state index is 5.88. The Morgan fingerprint density at radius 1 is 1.47 bits per heavy atom. The van der Waals surface area contributed by atoms with Crippen molar-refractivity contribution in [3.63, 3.8) is 0 Å². The summed E-state index contributed by atoms with van der Waals surface area (Å²) in [5.41, 5.74) is 0. The number of hydrogen-bond acceptors (Lipinski definition) is 3. The van der Waals surface area contributed by atoms with Crippen molar-refractivity contribution < 1.29 is 0 Å². The molecule has 1 atom stereocenters. The van der Waals surface area contributed by atoms with Crippen LogP contribution in [0.1, 0.15) is 32.6 Å². The van der Waals surface area contributed by atoms with Crippen molar-refractivity contribution in [1.82, 2.24) is 9.97 Å². The summed E-state index contributed by atoms with van der Waals surface area (Å²) in [6.07, 6.45) is 6.55. The summed E-state index contributed by atoms with van der Waals surface area (Å²) < 4.78 is 0. The molecule has 1 aromatic heterocycles. The number of rotatable bonds is 2. The second-order valence-corrected chi connectivity index (χ2v) is 4.34. The van der Waals surface area contributed by atoms with Gasteiger partial charge in [-0.1, -0.05) is 18.5 Å². The lowest BCUT2D eigenvalue weighted by Crippen LogP contribution is -2.39. The monoisotopic (exact) mass is 225 g/mol. The van der Waals surface area contributed by atoms with Crippen molar-refractivity contribution in [3.05, 3.63) is 17.5 Å². The standard InChI is InChI=1S/C11H16ClN3/c1-2-9-5-3-4-6-15(9)11-7-10(12)13-8-14-11/h7-9H,2-6H2,1H3. The van der Waals surface area contributed by atoms with Crippen LogP contribution in [-0.2, 0) is 0 Å². The van der Waals surface area contributed by atoms with Crippen molar-refractivity contribution in [3.8, 4) is 0 Å². The number of hydrogen-bond donors (Lipinski definition) is 0. The molecule has 1 unspecified atom stereocenters. The number of piperidine rings is 1. The predicted octanol–water partition coefficient (Wildman–Crippen LogP) is 2.90. The highest BCUT2D eigenvalue weighted by Crippen LogP contribution is 2.25. The first kappa shape index (κ1) is 10.7. The molecule has 0 bridgehead atoms. The second kappa shape index (κ2) is 4.79. The Labute approximate surface area is 95.5 Å². The fraction of sp³-hybridized carbons (Fsp3) is 0.636. The van der Waals surface area contributed by atoms with E-state index in [1.165, 1.54) is 25.7 Å². The van der Waals surface area contributed by atoms with Crippen molar-refractivity contribution in [2.75, 3.05) is 11.4 Å². The van der Waals surface area contributed by atoms with E-state index in [4.69, 9.17) is 11.6 Å². The van der Waals surface area contributed by atoms with Gasteiger partial charge in [0.05, 0.1) is 0 Å². The molecular formula is C11H16ClN3. The number of aromatic nitrogens is 2. The van der Waals surface area contributed by atoms with Crippen LogP contribution < -0.4 is 4.90 Å². The third-order valence-electron chi connectivity index (χ3n) is 3.01. The minimum Gasteiger partial charge on any atom is -0.354 e. The van der Waals surface area contributed by atoms with Gasteiger partial charge in [-0.15, -0.1) is 0 Å². The van der Waals surface area contributed by atoms with E-state index >= 15 is 0 Å². The van der Waals surface area contributed by atoms with Gasteiger partial charge in [0.25, 0.3) is 0 Å². The van der Waals surface area contributed by atoms with Gasteiger partial charge >= 0.3 is 0 Å². The number of anilines is 1. The van der Waals surface area contributed by atoms with E-state index in [9.17, 15) is 0 Å². The van der Waals surface area contributed by atoms with Gasteiger partial charge in [0.2, 0.25) is 0 Å². The van der Waals surface area contributed by atoms with Gasteiger partial charge in [-0.2, -0.15) is 0 Å². The molecule has 2 rings (SSSR count). The molecule has 1 aromatic rings. The van der Waals surface area contributed by atoms with Crippen LogP contribution in [-0.4, -0.2) is 22.6 Å². The summed E-state index contributed by atoms with van der Waals surface area (Å²) in [7, 11) is 0. The van der Waals surface area contributed by atoms with Crippen LogP contribution in [0.25, 0.3) is 0 Å². The van der Waals surface area contributed by atoms with Gasteiger partial charge in [-0.3, -0.25) is 0 Å². The molecular weight excluding hydrogens is 210 g/mol. The SMILES string of the molecule is CCC1CCCCN1c1cc(Cl)ncn1. The highest BCUT2D eigenvalue weighted by atomic mass is 35.5. The minimum absolute atomic E-state index is 0.528. The van der Waals surface area contributed by atoms with E-state index in [1.54, 1.807) is 6.33 Å². The van der Waals surface area contributed by atoms with Crippen molar-refractivity contribution >= 4 is 17.4 Å². The van der Waals surface area contributed by atoms with Crippen LogP contribution in [0, 0.1) is 0 Å². The molecule has 4 heteroatoms. The zero-order valence-corrected chi connectivity index (χ0v) is 9.74. The van der Waals surface area contributed by atoms with Crippen LogP contribution in [0.15, 0.2) is 12.4 Å². The van der Waals surface area contributed by atoms with E-state index < -0.39 is 0 Å². The fourth-order valence-corrected chi connectivity index (χ4v) is 2.35. The Balaban J connectivity index is 2.20. The zero-order valence-electron chi connectivity index (χ0n) is 8.99. The third kappa shape index (κ3) is 2.40. The molecule has 0 amide bonds. The molecule has 1 aliphatic rings. The van der Waals surface area contributed by atoms with Crippen LogP contribution in [0.5, 0.6) is 0 Å². The molecule has 1 aliphatic heterocycles.